The first-order valence-electron chi connectivity index (χ1n) is 7.39. The minimum Gasteiger partial charge on any atom is -0.395 e. The average Bonchev–Trinajstić information content (AvgIpc) is 2.59. The first-order chi connectivity index (χ1) is 11.8. The quantitative estimate of drug-likeness (QED) is 0.474. The van der Waals surface area contributed by atoms with E-state index >= 15 is 0 Å². The van der Waals surface area contributed by atoms with Crippen molar-refractivity contribution in [3.63, 3.8) is 0 Å². The largest absolute Gasteiger partial charge is 0.395 e. The Labute approximate surface area is 145 Å². The van der Waals surface area contributed by atoms with Crippen molar-refractivity contribution in [1.29, 1.82) is 0 Å². The van der Waals surface area contributed by atoms with Gasteiger partial charge >= 0.3 is 0 Å². The van der Waals surface area contributed by atoms with E-state index in [0.29, 0.717) is 5.56 Å². The van der Waals surface area contributed by atoms with E-state index in [9.17, 15) is 28.7 Å². The lowest BCUT2D eigenvalue weighted by molar-refractivity contribution is -0.384. The van der Waals surface area contributed by atoms with Crippen LogP contribution in [-0.2, 0) is 15.8 Å². The second-order valence-electron chi connectivity index (χ2n) is 5.45. The highest BCUT2D eigenvalue weighted by Crippen LogP contribution is 2.21. The van der Waals surface area contributed by atoms with Crippen LogP contribution in [0.5, 0.6) is 0 Å². The normalized spacial score (nSPS) is 14.0. The Hall–Kier alpha value is -2.33. The van der Waals surface area contributed by atoms with Gasteiger partial charge in [0.25, 0.3) is 5.69 Å². The molecule has 2 rings (SSSR count). The molecule has 2 aromatic rings. The maximum absolute atomic E-state index is 12.2. The molecule has 25 heavy (non-hydrogen) atoms. The molecule has 134 valence electrons. The van der Waals surface area contributed by atoms with Gasteiger partial charge in [-0.15, -0.1) is 0 Å². The molecule has 0 aliphatic carbocycles. The number of nitro groups is 1. The molecule has 0 aliphatic heterocycles. The summed E-state index contributed by atoms with van der Waals surface area (Å²) in [6.45, 7) is -0.633. The third kappa shape index (κ3) is 5.33. The topological polar surface area (TPSA) is 130 Å². The molecule has 0 radical (unpaired) electrons. The van der Waals surface area contributed by atoms with Crippen LogP contribution in [0.25, 0.3) is 0 Å². The molecule has 2 atom stereocenters. The van der Waals surface area contributed by atoms with E-state index in [1.54, 1.807) is 30.3 Å². The predicted molar refractivity (Wildman–Crippen MR) is 91.1 cm³/mol. The Bertz CT molecular complexity index is 808. The van der Waals surface area contributed by atoms with Crippen molar-refractivity contribution in [3.8, 4) is 0 Å². The van der Waals surface area contributed by atoms with Gasteiger partial charge in [0.05, 0.1) is 29.4 Å². The van der Waals surface area contributed by atoms with Crippen LogP contribution in [0.1, 0.15) is 17.2 Å². The highest BCUT2D eigenvalue weighted by Gasteiger charge is 2.26. The molecule has 0 spiro atoms. The number of sulfonamides is 1. The van der Waals surface area contributed by atoms with E-state index in [1.165, 1.54) is 24.3 Å². The van der Waals surface area contributed by atoms with E-state index in [2.05, 4.69) is 4.72 Å². The fourth-order valence-electron chi connectivity index (χ4n) is 2.29. The summed E-state index contributed by atoms with van der Waals surface area (Å²) in [5.74, 6) is -0.294. The number of hydrogen-bond acceptors (Lipinski definition) is 6. The van der Waals surface area contributed by atoms with Crippen molar-refractivity contribution in [2.24, 2.45) is 0 Å². The van der Waals surface area contributed by atoms with E-state index in [-0.39, 0.29) is 17.0 Å². The lowest BCUT2D eigenvalue weighted by Gasteiger charge is -2.22. The van der Waals surface area contributed by atoms with Gasteiger partial charge in [0.1, 0.15) is 0 Å². The van der Waals surface area contributed by atoms with Crippen LogP contribution in [0.15, 0.2) is 54.6 Å². The summed E-state index contributed by atoms with van der Waals surface area (Å²) in [5, 5.41) is 30.4. The highest BCUT2D eigenvalue weighted by molar-refractivity contribution is 7.88. The minimum absolute atomic E-state index is 0.152. The molecule has 0 saturated carbocycles. The number of non-ortho nitro benzene ring substituents is 1. The van der Waals surface area contributed by atoms with Crippen LogP contribution in [0.4, 0.5) is 5.69 Å². The molecule has 0 fully saturated rings. The molecule has 0 unspecified atom stereocenters. The lowest BCUT2D eigenvalue weighted by Crippen LogP contribution is -2.42. The summed E-state index contributed by atoms with van der Waals surface area (Å²) in [6.07, 6.45) is -1.35. The number of nitrogens with zero attached hydrogens (tertiary/aromatic N) is 1. The predicted octanol–water partition coefficient (Wildman–Crippen LogP) is 1.11. The van der Waals surface area contributed by atoms with Gasteiger partial charge in [-0.2, -0.15) is 0 Å². The number of nitrogens with one attached hydrogen (secondary N) is 1. The molecule has 0 amide bonds. The van der Waals surface area contributed by atoms with Crippen molar-refractivity contribution < 1.29 is 23.6 Å². The first-order valence-corrected chi connectivity index (χ1v) is 9.05. The van der Waals surface area contributed by atoms with Crippen molar-refractivity contribution >= 4 is 15.7 Å². The average molecular weight is 366 g/mol. The Morgan fingerprint density at radius 2 is 1.68 bits per heavy atom. The smallest absolute Gasteiger partial charge is 0.269 e. The first kappa shape index (κ1) is 19.0. The molecule has 2 aromatic carbocycles. The fourth-order valence-corrected chi connectivity index (χ4v) is 3.67. The second-order valence-corrected chi connectivity index (χ2v) is 7.20. The van der Waals surface area contributed by atoms with Crippen LogP contribution >= 0.6 is 0 Å². The van der Waals surface area contributed by atoms with Gasteiger partial charge in [0, 0.05) is 12.1 Å². The summed E-state index contributed by atoms with van der Waals surface area (Å²) in [7, 11) is -3.80. The van der Waals surface area contributed by atoms with Gasteiger partial charge in [-0.05, 0) is 23.3 Å². The Balaban J connectivity index is 2.11. The molecular formula is C16H18N2O6S. The van der Waals surface area contributed by atoms with Crippen molar-refractivity contribution in [3.05, 3.63) is 75.8 Å². The van der Waals surface area contributed by atoms with E-state index < -0.39 is 33.7 Å². The van der Waals surface area contributed by atoms with Gasteiger partial charge in [0.2, 0.25) is 10.0 Å². The summed E-state index contributed by atoms with van der Waals surface area (Å²) < 4.78 is 26.7. The molecule has 8 nitrogen and oxygen atoms in total. The molecule has 0 heterocycles. The summed E-state index contributed by atoms with van der Waals surface area (Å²) >= 11 is 0. The number of benzene rings is 2. The summed E-state index contributed by atoms with van der Waals surface area (Å²) in [6, 6.07) is 12.3. The maximum Gasteiger partial charge on any atom is 0.269 e. The third-order valence-corrected chi connectivity index (χ3v) is 4.93. The number of nitro benzene ring substituents is 1. The van der Waals surface area contributed by atoms with Crippen molar-refractivity contribution in [1.82, 2.24) is 4.72 Å². The molecule has 0 bridgehead atoms. The summed E-state index contributed by atoms with van der Waals surface area (Å²) in [4.78, 5) is 10.1. The minimum atomic E-state index is -3.80. The van der Waals surface area contributed by atoms with E-state index in [4.69, 9.17) is 0 Å². The van der Waals surface area contributed by atoms with Gasteiger partial charge in [-0.1, -0.05) is 30.3 Å². The Morgan fingerprint density at radius 3 is 2.20 bits per heavy atom. The maximum atomic E-state index is 12.2. The Morgan fingerprint density at radius 1 is 1.08 bits per heavy atom. The molecule has 9 heteroatoms. The third-order valence-electron chi connectivity index (χ3n) is 3.55. The van der Waals surface area contributed by atoms with Crippen LogP contribution in [0, 0.1) is 10.1 Å². The number of hydrogen-bond donors (Lipinski definition) is 3. The van der Waals surface area contributed by atoms with Crippen molar-refractivity contribution in [2.45, 2.75) is 17.9 Å². The number of rotatable bonds is 8. The zero-order chi connectivity index (χ0) is 18.4. The second kappa shape index (κ2) is 8.17. The standard InChI is InChI=1S/C16H18N2O6S/c19-10-15(16(20)13-6-8-14(9-7-13)18(21)22)17-25(23,24)11-12-4-2-1-3-5-12/h1-9,15-17,19-20H,10-11H2/t15-,16+/m0/s1. The number of aliphatic hydroxyl groups excluding tert-OH is 2. The summed E-state index contributed by atoms with van der Waals surface area (Å²) in [5.41, 5.74) is 0.671. The van der Waals surface area contributed by atoms with Gasteiger partial charge < -0.3 is 10.2 Å². The monoisotopic (exact) mass is 366 g/mol. The van der Waals surface area contributed by atoms with Crippen LogP contribution in [0.3, 0.4) is 0 Å². The highest BCUT2D eigenvalue weighted by atomic mass is 32.2. The lowest BCUT2D eigenvalue weighted by atomic mass is 10.0. The SMILES string of the molecule is O=[N+]([O-])c1ccc([C@@H](O)[C@H](CO)NS(=O)(=O)Cc2ccccc2)cc1. The molecule has 3 N–H and O–H groups in total. The van der Waals surface area contributed by atoms with E-state index in [1.807, 2.05) is 0 Å². The van der Waals surface area contributed by atoms with Gasteiger partial charge in [-0.3, -0.25) is 10.1 Å². The van der Waals surface area contributed by atoms with Crippen molar-refractivity contribution in [2.75, 3.05) is 6.61 Å². The molecule has 0 saturated heterocycles. The van der Waals surface area contributed by atoms with Crippen LogP contribution < -0.4 is 4.72 Å². The molecular weight excluding hydrogens is 348 g/mol. The molecule has 0 aliphatic rings. The van der Waals surface area contributed by atoms with Gasteiger partial charge in [-0.25, -0.2) is 13.1 Å². The Kier molecular flexibility index (Phi) is 6.21. The molecule has 0 aromatic heterocycles. The zero-order valence-electron chi connectivity index (χ0n) is 13.1. The number of aliphatic hydroxyl groups is 2. The van der Waals surface area contributed by atoms with Crippen LogP contribution in [0.2, 0.25) is 0 Å². The van der Waals surface area contributed by atoms with Gasteiger partial charge in [0.15, 0.2) is 0 Å². The van der Waals surface area contributed by atoms with E-state index in [0.717, 1.165) is 0 Å². The van der Waals surface area contributed by atoms with Crippen LogP contribution in [-0.4, -0.2) is 36.2 Å². The zero-order valence-corrected chi connectivity index (χ0v) is 14.0. The fraction of sp³-hybridized carbons (Fsp3) is 0.250.